The summed E-state index contributed by atoms with van der Waals surface area (Å²) in [6.07, 6.45) is 0. The summed E-state index contributed by atoms with van der Waals surface area (Å²) in [5.41, 5.74) is 4.87. The molecular formula is C10H18N4O2. The van der Waals surface area contributed by atoms with Crippen LogP contribution < -0.4 is 21.9 Å². The van der Waals surface area contributed by atoms with E-state index in [1.54, 1.807) is 7.05 Å². The second kappa shape index (κ2) is 4.98. The molecule has 1 rings (SSSR count). The first-order valence-corrected chi connectivity index (χ1v) is 5.25. The summed E-state index contributed by atoms with van der Waals surface area (Å²) in [5.74, 6) is 0.612. The van der Waals surface area contributed by atoms with Gasteiger partial charge in [0.1, 0.15) is 5.82 Å². The van der Waals surface area contributed by atoms with Crippen molar-refractivity contribution in [1.29, 1.82) is 0 Å². The van der Waals surface area contributed by atoms with E-state index in [0.717, 1.165) is 4.57 Å². The monoisotopic (exact) mass is 226 g/mol. The summed E-state index contributed by atoms with van der Waals surface area (Å²) in [4.78, 5) is 25.1. The van der Waals surface area contributed by atoms with Crippen LogP contribution in [0.4, 0.5) is 5.82 Å². The Balaban J connectivity index is 3.34. The zero-order valence-corrected chi connectivity index (χ0v) is 9.93. The van der Waals surface area contributed by atoms with Crippen molar-refractivity contribution in [2.45, 2.75) is 6.92 Å². The van der Waals surface area contributed by atoms with E-state index < -0.39 is 0 Å². The number of hydrogen-bond acceptors (Lipinski definition) is 4. The van der Waals surface area contributed by atoms with Gasteiger partial charge in [0.2, 0.25) is 0 Å². The fraction of sp³-hybridized carbons (Fsp3) is 0.600. The highest BCUT2D eigenvalue weighted by molar-refractivity contribution is 5.37. The standard InChI is InChI=1S/C10H18N4O2/c1-4-14(6-5-11)8-7-9(15)13(3)10(16)12(8)2/h7H,4-6,11H2,1-3H3. The Morgan fingerprint density at radius 3 is 2.44 bits per heavy atom. The molecule has 90 valence electrons. The van der Waals surface area contributed by atoms with Gasteiger partial charge >= 0.3 is 5.69 Å². The largest absolute Gasteiger partial charge is 0.357 e. The Kier molecular flexibility index (Phi) is 3.89. The van der Waals surface area contributed by atoms with Gasteiger partial charge in [-0.05, 0) is 6.92 Å². The molecule has 0 atom stereocenters. The maximum absolute atomic E-state index is 11.7. The molecule has 0 unspecified atom stereocenters. The number of likely N-dealkylation sites (N-methyl/N-ethyl adjacent to an activating group) is 1. The van der Waals surface area contributed by atoms with Gasteiger partial charge in [0.15, 0.2) is 0 Å². The first kappa shape index (κ1) is 12.5. The van der Waals surface area contributed by atoms with Crippen LogP contribution in [0.2, 0.25) is 0 Å². The molecule has 1 aromatic rings. The minimum absolute atomic E-state index is 0.298. The molecule has 0 saturated carbocycles. The molecule has 0 aliphatic carbocycles. The molecule has 1 heterocycles. The third kappa shape index (κ3) is 2.16. The second-order valence-corrected chi connectivity index (χ2v) is 3.61. The predicted molar refractivity (Wildman–Crippen MR) is 63.9 cm³/mol. The highest BCUT2D eigenvalue weighted by Crippen LogP contribution is 2.06. The number of nitrogens with two attached hydrogens (primary N) is 1. The van der Waals surface area contributed by atoms with Crippen LogP contribution >= 0.6 is 0 Å². The quantitative estimate of drug-likeness (QED) is 0.705. The first-order valence-electron chi connectivity index (χ1n) is 5.25. The number of nitrogens with zero attached hydrogens (tertiary/aromatic N) is 3. The molecule has 0 aromatic carbocycles. The molecule has 0 saturated heterocycles. The van der Waals surface area contributed by atoms with Gasteiger partial charge in [-0.25, -0.2) is 4.79 Å². The predicted octanol–water partition coefficient (Wildman–Crippen LogP) is -1.13. The average molecular weight is 226 g/mol. The van der Waals surface area contributed by atoms with Crippen molar-refractivity contribution in [1.82, 2.24) is 9.13 Å². The van der Waals surface area contributed by atoms with Crippen molar-refractivity contribution in [3.63, 3.8) is 0 Å². The van der Waals surface area contributed by atoms with Crippen molar-refractivity contribution in [2.24, 2.45) is 19.8 Å². The van der Waals surface area contributed by atoms with E-state index in [-0.39, 0.29) is 11.2 Å². The number of anilines is 1. The Bertz CT molecular complexity index is 475. The van der Waals surface area contributed by atoms with Gasteiger partial charge in [0.05, 0.1) is 0 Å². The highest BCUT2D eigenvalue weighted by Gasteiger charge is 2.10. The van der Waals surface area contributed by atoms with Gasteiger partial charge in [0.25, 0.3) is 5.56 Å². The maximum atomic E-state index is 11.7. The molecule has 6 nitrogen and oxygen atoms in total. The zero-order valence-electron chi connectivity index (χ0n) is 9.93. The molecule has 0 aliphatic heterocycles. The van der Waals surface area contributed by atoms with Gasteiger partial charge in [-0.1, -0.05) is 0 Å². The summed E-state index contributed by atoms with van der Waals surface area (Å²) in [7, 11) is 3.12. The highest BCUT2D eigenvalue weighted by atomic mass is 16.2. The van der Waals surface area contributed by atoms with E-state index >= 15 is 0 Å². The van der Waals surface area contributed by atoms with E-state index in [2.05, 4.69) is 0 Å². The minimum atomic E-state index is -0.321. The Hall–Kier alpha value is -1.56. The molecule has 16 heavy (non-hydrogen) atoms. The van der Waals surface area contributed by atoms with Crippen LogP contribution in [0.25, 0.3) is 0 Å². The van der Waals surface area contributed by atoms with Crippen molar-refractivity contribution in [2.75, 3.05) is 24.5 Å². The smallest absolute Gasteiger partial charge is 0.332 e. The molecule has 0 aliphatic rings. The van der Waals surface area contributed by atoms with Gasteiger partial charge in [0, 0.05) is 39.8 Å². The molecule has 0 bridgehead atoms. The summed E-state index contributed by atoms with van der Waals surface area (Å²) < 4.78 is 2.54. The number of rotatable bonds is 4. The zero-order chi connectivity index (χ0) is 12.3. The third-order valence-corrected chi connectivity index (χ3v) is 2.61. The molecule has 6 heteroatoms. The van der Waals surface area contributed by atoms with E-state index in [4.69, 9.17) is 5.73 Å². The van der Waals surface area contributed by atoms with Crippen molar-refractivity contribution < 1.29 is 0 Å². The van der Waals surface area contributed by atoms with Gasteiger partial charge in [-0.3, -0.25) is 13.9 Å². The van der Waals surface area contributed by atoms with Gasteiger partial charge in [-0.2, -0.15) is 0 Å². The van der Waals surface area contributed by atoms with Crippen LogP contribution in [-0.4, -0.2) is 28.8 Å². The summed E-state index contributed by atoms with van der Waals surface area (Å²) in [6.45, 7) is 3.77. The van der Waals surface area contributed by atoms with E-state index in [1.165, 1.54) is 17.7 Å². The Morgan fingerprint density at radius 1 is 1.31 bits per heavy atom. The first-order chi connectivity index (χ1) is 7.52. The second-order valence-electron chi connectivity index (χ2n) is 3.61. The molecule has 0 fully saturated rings. The lowest BCUT2D eigenvalue weighted by Crippen LogP contribution is -2.41. The summed E-state index contributed by atoms with van der Waals surface area (Å²) >= 11 is 0. The molecule has 0 spiro atoms. The third-order valence-electron chi connectivity index (χ3n) is 2.61. The normalized spacial score (nSPS) is 10.5. The van der Waals surface area contributed by atoms with Crippen LogP contribution in [0, 0.1) is 0 Å². The fourth-order valence-corrected chi connectivity index (χ4v) is 1.62. The van der Waals surface area contributed by atoms with E-state index in [9.17, 15) is 9.59 Å². The van der Waals surface area contributed by atoms with Crippen LogP contribution in [-0.2, 0) is 14.1 Å². The van der Waals surface area contributed by atoms with Crippen LogP contribution in [0.5, 0.6) is 0 Å². The maximum Gasteiger partial charge on any atom is 0.332 e. The lowest BCUT2D eigenvalue weighted by Gasteiger charge is -2.24. The van der Waals surface area contributed by atoms with E-state index in [0.29, 0.717) is 25.5 Å². The molecule has 2 N–H and O–H groups in total. The number of hydrogen-bond donors (Lipinski definition) is 1. The summed E-state index contributed by atoms with van der Waals surface area (Å²) in [6, 6.07) is 1.46. The molecule has 0 radical (unpaired) electrons. The minimum Gasteiger partial charge on any atom is -0.357 e. The van der Waals surface area contributed by atoms with Crippen molar-refractivity contribution >= 4 is 5.82 Å². The SMILES string of the molecule is CCN(CCN)c1cc(=O)n(C)c(=O)n1C. The Morgan fingerprint density at radius 2 is 1.94 bits per heavy atom. The van der Waals surface area contributed by atoms with Gasteiger partial charge < -0.3 is 10.6 Å². The molecular weight excluding hydrogens is 208 g/mol. The molecule has 0 amide bonds. The number of aromatic nitrogens is 2. The summed E-state index contributed by atoms with van der Waals surface area (Å²) in [5, 5.41) is 0. The topological polar surface area (TPSA) is 73.3 Å². The van der Waals surface area contributed by atoms with Crippen LogP contribution in [0.3, 0.4) is 0 Å². The fourth-order valence-electron chi connectivity index (χ4n) is 1.62. The Labute approximate surface area is 93.9 Å². The van der Waals surface area contributed by atoms with Crippen LogP contribution in [0.15, 0.2) is 15.7 Å². The average Bonchev–Trinajstić information content (AvgIpc) is 2.28. The van der Waals surface area contributed by atoms with Crippen molar-refractivity contribution in [3.8, 4) is 0 Å². The lowest BCUT2D eigenvalue weighted by molar-refractivity contribution is 0.660. The van der Waals surface area contributed by atoms with Gasteiger partial charge in [-0.15, -0.1) is 0 Å². The molecule has 1 aromatic heterocycles. The van der Waals surface area contributed by atoms with Crippen LogP contribution in [0.1, 0.15) is 6.92 Å². The lowest BCUT2D eigenvalue weighted by atomic mass is 10.4. The van der Waals surface area contributed by atoms with E-state index in [1.807, 2.05) is 11.8 Å². The van der Waals surface area contributed by atoms with Crippen molar-refractivity contribution in [3.05, 3.63) is 26.9 Å².